The lowest BCUT2D eigenvalue weighted by molar-refractivity contribution is -0.119. The third-order valence-electron chi connectivity index (χ3n) is 2.06. The summed E-state index contributed by atoms with van der Waals surface area (Å²) in [6.07, 6.45) is 2.43. The minimum absolute atomic E-state index is 0.0134. The molecule has 88 valence electrons. The third kappa shape index (κ3) is 8.23. The van der Waals surface area contributed by atoms with Gasteiger partial charge in [-0.05, 0) is 26.3 Å². The molecule has 0 saturated carbocycles. The fourth-order valence-corrected chi connectivity index (χ4v) is 1.16. The number of nitrogens with two attached hydrogens (primary N) is 2. The maximum atomic E-state index is 11.4. The first-order valence-electron chi connectivity index (χ1n) is 5.26. The van der Waals surface area contributed by atoms with Gasteiger partial charge in [0.1, 0.15) is 5.78 Å². The van der Waals surface area contributed by atoms with E-state index in [0.29, 0.717) is 13.0 Å². The molecule has 0 amide bonds. The van der Waals surface area contributed by atoms with Gasteiger partial charge in [0.25, 0.3) is 0 Å². The summed E-state index contributed by atoms with van der Waals surface area (Å²) in [5, 5.41) is 2.75. The molecule has 0 heterocycles. The molecule has 0 rings (SSSR count). The summed E-state index contributed by atoms with van der Waals surface area (Å²) in [5.41, 5.74) is 11.0. The fourth-order valence-electron chi connectivity index (χ4n) is 1.16. The maximum absolute atomic E-state index is 11.4. The van der Waals surface area contributed by atoms with Gasteiger partial charge in [0, 0.05) is 0 Å². The monoisotopic (exact) mass is 215 g/mol. The zero-order valence-electron chi connectivity index (χ0n) is 9.29. The zero-order chi connectivity index (χ0) is 11.7. The summed E-state index contributed by atoms with van der Waals surface area (Å²) >= 11 is 0. The van der Waals surface area contributed by atoms with Crippen LogP contribution in [0, 0.1) is 0 Å². The molecule has 0 aliphatic carbocycles. The van der Waals surface area contributed by atoms with Crippen LogP contribution in [0.15, 0.2) is 0 Å². The maximum Gasteiger partial charge on any atom is 0.163 e. The van der Waals surface area contributed by atoms with E-state index in [-0.39, 0.29) is 24.7 Å². The van der Waals surface area contributed by atoms with Gasteiger partial charge < -0.3 is 16.8 Å². The van der Waals surface area contributed by atoms with Crippen molar-refractivity contribution in [1.29, 1.82) is 0 Å². The van der Waals surface area contributed by atoms with Crippen molar-refractivity contribution in [3.05, 3.63) is 0 Å². The van der Waals surface area contributed by atoms with Crippen molar-refractivity contribution in [3.63, 3.8) is 0 Å². The van der Waals surface area contributed by atoms with Crippen molar-refractivity contribution in [2.75, 3.05) is 19.6 Å². The summed E-state index contributed by atoms with van der Waals surface area (Å²) in [7, 11) is 0. The Morgan fingerprint density at radius 3 is 2.47 bits per heavy atom. The zero-order valence-corrected chi connectivity index (χ0v) is 9.29. The summed E-state index contributed by atoms with van der Waals surface area (Å²) < 4.78 is 0. The highest BCUT2D eigenvalue weighted by molar-refractivity contribution is 5.86. The standard InChI is InChI=1S/C10H21N3O2/c1-8(14)6-13-7-10(15)9(12)4-2-3-5-11/h9,13H,2-7,11-12H2,1H3/t9-/m1/s1. The first-order chi connectivity index (χ1) is 7.07. The third-order valence-corrected chi connectivity index (χ3v) is 2.06. The van der Waals surface area contributed by atoms with E-state index in [1.807, 2.05) is 0 Å². The number of hydrogen-bond donors (Lipinski definition) is 3. The fraction of sp³-hybridized carbons (Fsp3) is 0.800. The van der Waals surface area contributed by atoms with Gasteiger partial charge in [-0.3, -0.25) is 9.59 Å². The number of unbranched alkanes of at least 4 members (excludes halogenated alkanes) is 1. The molecule has 0 spiro atoms. The Balaban J connectivity index is 3.55. The Morgan fingerprint density at radius 2 is 1.93 bits per heavy atom. The minimum atomic E-state index is -0.434. The van der Waals surface area contributed by atoms with Crippen LogP contribution in [0.5, 0.6) is 0 Å². The molecule has 0 aliphatic rings. The van der Waals surface area contributed by atoms with Crippen LogP contribution in [-0.2, 0) is 9.59 Å². The predicted molar refractivity (Wildman–Crippen MR) is 59.4 cm³/mol. The number of rotatable bonds is 9. The Labute approximate surface area is 90.6 Å². The molecule has 0 saturated heterocycles. The van der Waals surface area contributed by atoms with Gasteiger partial charge in [-0.25, -0.2) is 0 Å². The molecule has 0 bridgehead atoms. The molecule has 15 heavy (non-hydrogen) atoms. The highest BCUT2D eigenvalue weighted by Crippen LogP contribution is 1.98. The number of Topliss-reactive ketones (excluding diaryl/α,β-unsaturated/α-hetero) is 2. The first-order valence-corrected chi connectivity index (χ1v) is 5.26. The van der Waals surface area contributed by atoms with Gasteiger partial charge in [-0.1, -0.05) is 6.42 Å². The van der Waals surface area contributed by atoms with Crippen molar-refractivity contribution in [1.82, 2.24) is 5.32 Å². The van der Waals surface area contributed by atoms with E-state index in [2.05, 4.69) is 5.32 Å². The summed E-state index contributed by atoms with van der Waals surface area (Å²) in [6.45, 7) is 2.49. The van der Waals surface area contributed by atoms with Crippen LogP contribution in [0.1, 0.15) is 26.2 Å². The average Bonchev–Trinajstić information content (AvgIpc) is 2.17. The largest absolute Gasteiger partial charge is 0.330 e. The SMILES string of the molecule is CC(=O)CNCC(=O)[C@H](N)CCCCN. The van der Waals surface area contributed by atoms with Crippen LogP contribution < -0.4 is 16.8 Å². The lowest BCUT2D eigenvalue weighted by Gasteiger charge is -2.10. The normalized spacial score (nSPS) is 12.5. The molecule has 1 atom stereocenters. The van der Waals surface area contributed by atoms with Gasteiger partial charge in [-0.15, -0.1) is 0 Å². The van der Waals surface area contributed by atoms with E-state index >= 15 is 0 Å². The molecule has 5 N–H and O–H groups in total. The summed E-state index contributed by atoms with van der Waals surface area (Å²) in [4.78, 5) is 22.0. The van der Waals surface area contributed by atoms with Crippen LogP contribution >= 0.6 is 0 Å². The molecular weight excluding hydrogens is 194 g/mol. The van der Waals surface area contributed by atoms with Gasteiger partial charge in [-0.2, -0.15) is 0 Å². The first kappa shape index (κ1) is 14.2. The lowest BCUT2D eigenvalue weighted by atomic mass is 10.1. The molecule has 0 radical (unpaired) electrons. The van der Waals surface area contributed by atoms with Crippen LogP contribution in [0.3, 0.4) is 0 Å². The molecule has 5 heteroatoms. The summed E-state index contributed by atoms with van der Waals surface area (Å²) in [5.74, 6) is -0.0345. The van der Waals surface area contributed by atoms with Crippen molar-refractivity contribution < 1.29 is 9.59 Å². The lowest BCUT2D eigenvalue weighted by Crippen LogP contribution is -2.38. The van der Waals surface area contributed by atoms with Gasteiger partial charge in [0.05, 0.1) is 19.1 Å². The van der Waals surface area contributed by atoms with E-state index in [1.54, 1.807) is 0 Å². The van der Waals surface area contributed by atoms with Gasteiger partial charge >= 0.3 is 0 Å². The molecule has 0 aromatic rings. The highest BCUT2D eigenvalue weighted by Gasteiger charge is 2.12. The molecule has 5 nitrogen and oxygen atoms in total. The Kier molecular flexibility index (Phi) is 8.08. The Hall–Kier alpha value is -0.780. The van der Waals surface area contributed by atoms with Crippen LogP contribution in [-0.4, -0.2) is 37.2 Å². The molecule has 0 aliphatic heterocycles. The van der Waals surface area contributed by atoms with Crippen molar-refractivity contribution >= 4 is 11.6 Å². The molecule has 0 unspecified atom stereocenters. The van der Waals surface area contributed by atoms with Gasteiger partial charge in [0.2, 0.25) is 0 Å². The van der Waals surface area contributed by atoms with Crippen molar-refractivity contribution in [2.45, 2.75) is 32.2 Å². The number of carbonyl (C=O) groups excluding carboxylic acids is 2. The molecule has 0 fully saturated rings. The minimum Gasteiger partial charge on any atom is -0.330 e. The molecule has 0 aromatic heterocycles. The number of ketones is 2. The number of carbonyl (C=O) groups is 2. The number of nitrogens with one attached hydrogen (secondary N) is 1. The second-order valence-corrected chi connectivity index (χ2v) is 3.66. The Morgan fingerprint density at radius 1 is 1.27 bits per heavy atom. The summed E-state index contributed by atoms with van der Waals surface area (Å²) in [6, 6.07) is -0.434. The van der Waals surface area contributed by atoms with Crippen LogP contribution in [0.25, 0.3) is 0 Å². The molecule has 0 aromatic carbocycles. The van der Waals surface area contributed by atoms with E-state index in [1.165, 1.54) is 6.92 Å². The molecular formula is C10H21N3O2. The average molecular weight is 215 g/mol. The second kappa shape index (κ2) is 8.52. The quantitative estimate of drug-likeness (QED) is 0.437. The van der Waals surface area contributed by atoms with E-state index in [4.69, 9.17) is 11.5 Å². The van der Waals surface area contributed by atoms with Crippen molar-refractivity contribution in [3.8, 4) is 0 Å². The van der Waals surface area contributed by atoms with E-state index in [9.17, 15) is 9.59 Å². The van der Waals surface area contributed by atoms with E-state index in [0.717, 1.165) is 12.8 Å². The predicted octanol–water partition coefficient (Wildman–Crippen LogP) is -0.810. The highest BCUT2D eigenvalue weighted by atomic mass is 16.1. The number of hydrogen-bond acceptors (Lipinski definition) is 5. The van der Waals surface area contributed by atoms with Crippen LogP contribution in [0.2, 0.25) is 0 Å². The van der Waals surface area contributed by atoms with Gasteiger partial charge in [0.15, 0.2) is 5.78 Å². The second-order valence-electron chi connectivity index (χ2n) is 3.66. The topological polar surface area (TPSA) is 98.2 Å². The smallest absolute Gasteiger partial charge is 0.163 e. The van der Waals surface area contributed by atoms with Crippen LogP contribution in [0.4, 0.5) is 0 Å². The van der Waals surface area contributed by atoms with Crippen molar-refractivity contribution in [2.24, 2.45) is 11.5 Å². The Bertz CT molecular complexity index is 207. The van der Waals surface area contributed by atoms with E-state index < -0.39 is 6.04 Å².